The highest BCUT2D eigenvalue weighted by atomic mass is 19.1. The number of benzene rings is 1. The van der Waals surface area contributed by atoms with E-state index in [2.05, 4.69) is 20.4 Å². The second kappa shape index (κ2) is 7.22. The molecule has 0 aliphatic heterocycles. The Balaban J connectivity index is 1.40. The molecule has 0 aliphatic carbocycles. The number of rotatable bonds is 5. The first kappa shape index (κ1) is 17.8. The first-order valence-electron chi connectivity index (χ1n) is 8.80. The molecule has 4 aromatic rings. The van der Waals surface area contributed by atoms with Gasteiger partial charge in [-0.1, -0.05) is 12.1 Å². The SMILES string of the molecule is Cc1nn(C)c2ncc(NC(=O)CCc3ncc(-c4ccccc4F)o3)cc12. The lowest BCUT2D eigenvalue weighted by Crippen LogP contribution is -2.12. The number of hydrogen-bond acceptors (Lipinski definition) is 5. The van der Waals surface area contributed by atoms with Crippen molar-refractivity contribution in [1.82, 2.24) is 19.7 Å². The molecular formula is C20H18FN5O2. The number of anilines is 1. The Hall–Kier alpha value is -3.55. The van der Waals surface area contributed by atoms with E-state index in [1.165, 1.54) is 12.3 Å². The summed E-state index contributed by atoms with van der Waals surface area (Å²) in [6, 6.07) is 8.17. The fourth-order valence-corrected chi connectivity index (χ4v) is 3.03. The normalized spacial score (nSPS) is 11.1. The highest BCUT2D eigenvalue weighted by Gasteiger charge is 2.13. The van der Waals surface area contributed by atoms with E-state index in [0.29, 0.717) is 29.3 Å². The number of amides is 1. The van der Waals surface area contributed by atoms with Gasteiger partial charge in [0.05, 0.1) is 29.3 Å². The molecule has 4 rings (SSSR count). The monoisotopic (exact) mass is 379 g/mol. The van der Waals surface area contributed by atoms with Crippen molar-refractivity contribution in [3.8, 4) is 11.3 Å². The van der Waals surface area contributed by atoms with Crippen LogP contribution in [0.2, 0.25) is 0 Å². The van der Waals surface area contributed by atoms with Gasteiger partial charge in [0.1, 0.15) is 5.82 Å². The molecular weight excluding hydrogens is 361 g/mol. The topological polar surface area (TPSA) is 85.8 Å². The van der Waals surface area contributed by atoms with Gasteiger partial charge in [-0.15, -0.1) is 0 Å². The Kier molecular flexibility index (Phi) is 4.60. The van der Waals surface area contributed by atoms with Crippen molar-refractivity contribution < 1.29 is 13.6 Å². The van der Waals surface area contributed by atoms with Crippen LogP contribution in [0.4, 0.5) is 10.1 Å². The summed E-state index contributed by atoms with van der Waals surface area (Å²) >= 11 is 0. The van der Waals surface area contributed by atoms with Crippen LogP contribution >= 0.6 is 0 Å². The number of carbonyl (C=O) groups excluding carboxylic acids is 1. The fourth-order valence-electron chi connectivity index (χ4n) is 3.03. The Morgan fingerprint density at radius 1 is 1.25 bits per heavy atom. The Labute approximate surface area is 160 Å². The third-order valence-electron chi connectivity index (χ3n) is 4.41. The maximum atomic E-state index is 13.8. The minimum absolute atomic E-state index is 0.182. The molecule has 142 valence electrons. The molecule has 0 spiro atoms. The molecule has 3 heterocycles. The molecule has 0 radical (unpaired) electrons. The fraction of sp³-hybridized carbons (Fsp3) is 0.200. The van der Waals surface area contributed by atoms with E-state index in [1.54, 1.807) is 29.1 Å². The van der Waals surface area contributed by atoms with E-state index in [4.69, 9.17) is 4.42 Å². The van der Waals surface area contributed by atoms with Gasteiger partial charge in [-0.3, -0.25) is 9.48 Å². The maximum absolute atomic E-state index is 13.8. The third-order valence-corrected chi connectivity index (χ3v) is 4.41. The molecule has 0 saturated carbocycles. The highest BCUT2D eigenvalue weighted by Crippen LogP contribution is 2.24. The van der Waals surface area contributed by atoms with E-state index in [-0.39, 0.29) is 18.1 Å². The smallest absolute Gasteiger partial charge is 0.224 e. The van der Waals surface area contributed by atoms with Gasteiger partial charge in [0.15, 0.2) is 17.3 Å². The van der Waals surface area contributed by atoms with Crippen molar-refractivity contribution >= 4 is 22.6 Å². The van der Waals surface area contributed by atoms with Gasteiger partial charge in [-0.25, -0.2) is 14.4 Å². The standard InChI is InChI=1S/C20H18FN5O2/c1-12-15-9-13(10-23-20(15)26(2)25-12)24-18(27)7-8-19-22-11-17(28-19)14-5-3-4-6-16(14)21/h3-6,9-11H,7-8H2,1-2H3,(H,24,27). The zero-order valence-corrected chi connectivity index (χ0v) is 15.4. The first-order valence-corrected chi connectivity index (χ1v) is 8.80. The molecule has 7 nitrogen and oxygen atoms in total. The molecule has 0 bridgehead atoms. The second-order valence-electron chi connectivity index (χ2n) is 6.45. The number of fused-ring (bicyclic) bond motifs is 1. The van der Waals surface area contributed by atoms with Gasteiger partial charge in [0.25, 0.3) is 0 Å². The van der Waals surface area contributed by atoms with Crippen LogP contribution in [0.5, 0.6) is 0 Å². The number of oxazole rings is 1. The van der Waals surface area contributed by atoms with Gasteiger partial charge in [0, 0.05) is 25.3 Å². The number of nitrogens with one attached hydrogen (secondary N) is 1. The van der Waals surface area contributed by atoms with E-state index < -0.39 is 0 Å². The zero-order valence-electron chi connectivity index (χ0n) is 15.4. The molecule has 1 amide bonds. The summed E-state index contributed by atoms with van der Waals surface area (Å²) in [5, 5.41) is 8.03. The Bertz CT molecular complexity index is 1160. The van der Waals surface area contributed by atoms with Crippen LogP contribution < -0.4 is 5.32 Å². The number of pyridine rings is 1. The largest absolute Gasteiger partial charge is 0.441 e. The lowest BCUT2D eigenvalue weighted by Gasteiger charge is -2.04. The average Bonchev–Trinajstić information content (AvgIpc) is 3.25. The first-order chi connectivity index (χ1) is 13.5. The van der Waals surface area contributed by atoms with Crippen LogP contribution in [-0.2, 0) is 18.3 Å². The predicted octanol–water partition coefficient (Wildman–Crippen LogP) is 3.64. The lowest BCUT2D eigenvalue weighted by atomic mass is 10.2. The minimum atomic E-state index is -0.378. The molecule has 0 saturated heterocycles. The van der Waals surface area contributed by atoms with Gasteiger partial charge >= 0.3 is 0 Å². The molecule has 0 atom stereocenters. The molecule has 8 heteroatoms. The van der Waals surface area contributed by atoms with Crippen molar-refractivity contribution in [1.29, 1.82) is 0 Å². The van der Waals surface area contributed by atoms with Gasteiger partial charge in [-0.2, -0.15) is 5.10 Å². The summed E-state index contributed by atoms with van der Waals surface area (Å²) in [4.78, 5) is 20.7. The number of aryl methyl sites for hydroxylation is 3. The van der Waals surface area contributed by atoms with Gasteiger partial charge in [-0.05, 0) is 25.1 Å². The van der Waals surface area contributed by atoms with Crippen LogP contribution in [0.3, 0.4) is 0 Å². The van der Waals surface area contributed by atoms with Crippen molar-refractivity contribution in [3.05, 3.63) is 60.1 Å². The molecule has 3 aromatic heterocycles. The summed E-state index contributed by atoms with van der Waals surface area (Å²) in [5.74, 6) is 0.158. The summed E-state index contributed by atoms with van der Waals surface area (Å²) in [6.07, 6.45) is 3.56. The molecule has 1 N–H and O–H groups in total. The van der Waals surface area contributed by atoms with E-state index in [1.807, 2.05) is 20.0 Å². The predicted molar refractivity (Wildman–Crippen MR) is 102 cm³/mol. The lowest BCUT2D eigenvalue weighted by molar-refractivity contribution is -0.116. The zero-order chi connectivity index (χ0) is 19.7. The summed E-state index contributed by atoms with van der Waals surface area (Å²) in [7, 11) is 1.83. The summed E-state index contributed by atoms with van der Waals surface area (Å²) < 4.78 is 21.1. The Morgan fingerprint density at radius 2 is 2.07 bits per heavy atom. The number of hydrogen-bond donors (Lipinski definition) is 1. The van der Waals surface area contributed by atoms with Crippen molar-refractivity contribution in [3.63, 3.8) is 0 Å². The van der Waals surface area contributed by atoms with Crippen LogP contribution in [0.1, 0.15) is 18.0 Å². The molecule has 0 unspecified atom stereocenters. The van der Waals surface area contributed by atoms with Crippen molar-refractivity contribution in [2.75, 3.05) is 5.32 Å². The summed E-state index contributed by atoms with van der Waals surface area (Å²) in [6.45, 7) is 1.89. The molecule has 1 aromatic carbocycles. The van der Waals surface area contributed by atoms with Crippen LogP contribution in [-0.4, -0.2) is 25.7 Å². The van der Waals surface area contributed by atoms with Gasteiger partial charge < -0.3 is 9.73 Å². The minimum Gasteiger partial charge on any atom is -0.441 e. The number of aromatic nitrogens is 4. The van der Waals surface area contributed by atoms with Crippen molar-refractivity contribution in [2.24, 2.45) is 7.05 Å². The third kappa shape index (κ3) is 3.48. The molecule has 0 fully saturated rings. The van der Waals surface area contributed by atoms with E-state index >= 15 is 0 Å². The van der Waals surface area contributed by atoms with Crippen molar-refractivity contribution in [2.45, 2.75) is 19.8 Å². The van der Waals surface area contributed by atoms with Crippen LogP contribution in [0, 0.1) is 12.7 Å². The quantitative estimate of drug-likeness (QED) is 0.572. The molecule has 0 aliphatic rings. The van der Waals surface area contributed by atoms with Crippen LogP contribution in [0.25, 0.3) is 22.4 Å². The number of halogens is 1. The van der Waals surface area contributed by atoms with E-state index in [0.717, 1.165) is 16.7 Å². The number of nitrogens with zero attached hydrogens (tertiary/aromatic N) is 4. The summed E-state index contributed by atoms with van der Waals surface area (Å²) in [5.41, 5.74) is 2.56. The maximum Gasteiger partial charge on any atom is 0.224 e. The van der Waals surface area contributed by atoms with Crippen LogP contribution in [0.15, 0.2) is 47.1 Å². The second-order valence-corrected chi connectivity index (χ2v) is 6.45. The average molecular weight is 379 g/mol. The number of carbonyl (C=O) groups is 1. The van der Waals surface area contributed by atoms with Gasteiger partial charge in [0.2, 0.25) is 5.91 Å². The highest BCUT2D eigenvalue weighted by molar-refractivity contribution is 5.93. The molecule has 28 heavy (non-hydrogen) atoms. The Morgan fingerprint density at radius 3 is 2.89 bits per heavy atom. The van der Waals surface area contributed by atoms with E-state index in [9.17, 15) is 9.18 Å².